The molecule has 2 unspecified atom stereocenters. The van der Waals surface area contributed by atoms with Crippen molar-refractivity contribution < 1.29 is 4.74 Å². The van der Waals surface area contributed by atoms with Gasteiger partial charge in [-0.1, -0.05) is 44.4 Å². The van der Waals surface area contributed by atoms with Gasteiger partial charge in [-0.3, -0.25) is 0 Å². The highest BCUT2D eigenvalue weighted by Crippen LogP contribution is 2.44. The maximum atomic E-state index is 6.40. The zero-order valence-corrected chi connectivity index (χ0v) is 12.8. The Morgan fingerprint density at radius 3 is 2.80 bits per heavy atom. The first kappa shape index (κ1) is 13.9. The van der Waals surface area contributed by atoms with Gasteiger partial charge in [0.2, 0.25) is 0 Å². The predicted molar refractivity (Wildman–Crippen MR) is 83.1 cm³/mol. The van der Waals surface area contributed by atoms with Crippen molar-refractivity contribution in [1.29, 1.82) is 0 Å². The summed E-state index contributed by atoms with van der Waals surface area (Å²) in [5, 5.41) is 3.71. The Kier molecular flexibility index (Phi) is 4.02. The molecule has 0 saturated heterocycles. The summed E-state index contributed by atoms with van der Waals surface area (Å²) in [5.74, 6) is 1.98. The SMILES string of the molecule is CCCNC1CC(C)(CC2CCC2)Oc2ccccc21. The number of para-hydroxylation sites is 1. The second kappa shape index (κ2) is 5.77. The van der Waals surface area contributed by atoms with Gasteiger partial charge in [0.05, 0.1) is 0 Å². The van der Waals surface area contributed by atoms with E-state index in [1.54, 1.807) is 0 Å². The highest BCUT2D eigenvalue weighted by molar-refractivity contribution is 5.38. The van der Waals surface area contributed by atoms with Crippen molar-refractivity contribution in [2.75, 3.05) is 6.54 Å². The predicted octanol–water partition coefficient (Wildman–Crippen LogP) is 4.46. The van der Waals surface area contributed by atoms with Gasteiger partial charge in [0.15, 0.2) is 0 Å². The van der Waals surface area contributed by atoms with Gasteiger partial charge in [-0.05, 0) is 38.3 Å². The number of benzene rings is 1. The number of nitrogens with one attached hydrogen (secondary N) is 1. The summed E-state index contributed by atoms with van der Waals surface area (Å²) in [5.41, 5.74) is 1.34. The van der Waals surface area contributed by atoms with E-state index in [4.69, 9.17) is 4.74 Å². The van der Waals surface area contributed by atoms with Crippen LogP contribution in [0.5, 0.6) is 5.75 Å². The van der Waals surface area contributed by atoms with E-state index in [1.807, 2.05) is 0 Å². The molecule has 1 fully saturated rings. The lowest BCUT2D eigenvalue weighted by Gasteiger charge is -2.43. The van der Waals surface area contributed by atoms with Gasteiger partial charge < -0.3 is 10.1 Å². The van der Waals surface area contributed by atoms with Crippen LogP contribution in [0.4, 0.5) is 0 Å². The molecule has 0 radical (unpaired) electrons. The molecule has 2 atom stereocenters. The standard InChI is InChI=1S/C18H27NO/c1-3-11-19-16-13-18(2,12-14-7-6-8-14)20-17-10-5-4-9-15(16)17/h4-5,9-10,14,16,19H,3,6-8,11-13H2,1-2H3. The largest absolute Gasteiger partial charge is 0.487 e. The van der Waals surface area contributed by atoms with E-state index in [1.165, 1.54) is 37.7 Å². The second-order valence-electron chi connectivity index (χ2n) is 6.80. The zero-order valence-electron chi connectivity index (χ0n) is 12.8. The molecule has 0 amide bonds. The molecule has 2 aliphatic rings. The number of ether oxygens (including phenoxy) is 1. The molecule has 0 spiro atoms. The molecule has 0 bridgehead atoms. The van der Waals surface area contributed by atoms with Crippen LogP contribution in [-0.2, 0) is 0 Å². The molecule has 1 aromatic carbocycles. The summed E-state index contributed by atoms with van der Waals surface area (Å²) in [4.78, 5) is 0. The Balaban J connectivity index is 1.79. The van der Waals surface area contributed by atoms with Crippen LogP contribution in [0.3, 0.4) is 0 Å². The number of fused-ring (bicyclic) bond motifs is 1. The highest BCUT2D eigenvalue weighted by Gasteiger charge is 2.39. The summed E-state index contributed by atoms with van der Waals surface area (Å²) >= 11 is 0. The third kappa shape index (κ3) is 2.85. The lowest BCUT2D eigenvalue weighted by Crippen LogP contribution is -2.44. The normalized spacial score (nSPS) is 29.4. The molecule has 1 N–H and O–H groups in total. The minimum Gasteiger partial charge on any atom is -0.487 e. The highest BCUT2D eigenvalue weighted by atomic mass is 16.5. The summed E-state index contributed by atoms with van der Waals surface area (Å²) < 4.78 is 6.40. The van der Waals surface area contributed by atoms with Crippen molar-refractivity contribution in [1.82, 2.24) is 5.32 Å². The van der Waals surface area contributed by atoms with Crippen molar-refractivity contribution in [3.63, 3.8) is 0 Å². The van der Waals surface area contributed by atoms with Crippen molar-refractivity contribution in [2.24, 2.45) is 5.92 Å². The second-order valence-corrected chi connectivity index (χ2v) is 6.80. The van der Waals surface area contributed by atoms with Gasteiger partial charge in [0.1, 0.15) is 11.4 Å². The molecule has 2 nitrogen and oxygen atoms in total. The monoisotopic (exact) mass is 273 g/mol. The molecular weight excluding hydrogens is 246 g/mol. The number of hydrogen-bond acceptors (Lipinski definition) is 2. The molecule has 1 aliphatic carbocycles. The van der Waals surface area contributed by atoms with Gasteiger partial charge >= 0.3 is 0 Å². The molecule has 20 heavy (non-hydrogen) atoms. The maximum Gasteiger partial charge on any atom is 0.124 e. The average molecular weight is 273 g/mol. The van der Waals surface area contributed by atoms with Gasteiger partial charge in [0, 0.05) is 18.0 Å². The van der Waals surface area contributed by atoms with Crippen LogP contribution in [0.15, 0.2) is 24.3 Å². The van der Waals surface area contributed by atoms with Crippen LogP contribution in [0.25, 0.3) is 0 Å². The smallest absolute Gasteiger partial charge is 0.124 e. The van der Waals surface area contributed by atoms with Crippen molar-refractivity contribution in [3.8, 4) is 5.75 Å². The first-order valence-electron chi connectivity index (χ1n) is 8.21. The Labute approximate surface area is 122 Å². The van der Waals surface area contributed by atoms with Crippen LogP contribution >= 0.6 is 0 Å². The minimum absolute atomic E-state index is 0.00481. The quantitative estimate of drug-likeness (QED) is 0.855. The topological polar surface area (TPSA) is 21.3 Å². The van der Waals surface area contributed by atoms with Gasteiger partial charge in [-0.25, -0.2) is 0 Å². The molecule has 2 heteroatoms. The first-order valence-corrected chi connectivity index (χ1v) is 8.21. The maximum absolute atomic E-state index is 6.40. The zero-order chi connectivity index (χ0) is 14.0. The van der Waals surface area contributed by atoms with E-state index in [2.05, 4.69) is 43.4 Å². The molecule has 1 aromatic rings. The van der Waals surface area contributed by atoms with E-state index < -0.39 is 0 Å². The lowest BCUT2D eigenvalue weighted by molar-refractivity contribution is 0.0125. The third-order valence-electron chi connectivity index (χ3n) is 4.87. The molecule has 1 heterocycles. The van der Waals surface area contributed by atoms with E-state index in [0.29, 0.717) is 6.04 Å². The Bertz CT molecular complexity index is 454. The van der Waals surface area contributed by atoms with Crippen LogP contribution in [0.1, 0.15) is 64.0 Å². The van der Waals surface area contributed by atoms with Gasteiger partial charge in [0.25, 0.3) is 0 Å². The summed E-state index contributed by atoms with van der Waals surface area (Å²) in [7, 11) is 0. The van der Waals surface area contributed by atoms with E-state index in [-0.39, 0.29) is 5.60 Å². The molecule has 110 valence electrons. The first-order chi connectivity index (χ1) is 9.70. The van der Waals surface area contributed by atoms with Gasteiger partial charge in [-0.2, -0.15) is 0 Å². The van der Waals surface area contributed by atoms with Crippen molar-refractivity contribution in [2.45, 2.75) is 64.0 Å². The molecule has 0 aromatic heterocycles. The minimum atomic E-state index is 0.00481. The van der Waals surface area contributed by atoms with Crippen molar-refractivity contribution >= 4 is 0 Å². The fourth-order valence-electron chi connectivity index (χ4n) is 3.64. The Morgan fingerprint density at radius 1 is 1.30 bits per heavy atom. The Hall–Kier alpha value is -1.02. The fraction of sp³-hybridized carbons (Fsp3) is 0.667. The lowest BCUT2D eigenvalue weighted by atomic mass is 9.74. The third-order valence-corrected chi connectivity index (χ3v) is 4.87. The molecule has 1 aliphatic heterocycles. The Morgan fingerprint density at radius 2 is 2.10 bits per heavy atom. The summed E-state index contributed by atoms with van der Waals surface area (Å²) in [6.45, 7) is 5.62. The fourth-order valence-corrected chi connectivity index (χ4v) is 3.64. The average Bonchev–Trinajstić information content (AvgIpc) is 2.40. The van der Waals surface area contributed by atoms with E-state index >= 15 is 0 Å². The molecular formula is C18H27NO. The van der Waals surface area contributed by atoms with E-state index in [0.717, 1.165) is 24.6 Å². The van der Waals surface area contributed by atoms with Crippen LogP contribution in [-0.4, -0.2) is 12.1 Å². The van der Waals surface area contributed by atoms with E-state index in [9.17, 15) is 0 Å². The van der Waals surface area contributed by atoms with Crippen LogP contribution in [0.2, 0.25) is 0 Å². The van der Waals surface area contributed by atoms with Gasteiger partial charge in [-0.15, -0.1) is 0 Å². The summed E-state index contributed by atoms with van der Waals surface area (Å²) in [6.07, 6.45) is 7.70. The number of rotatable bonds is 5. The molecule has 1 saturated carbocycles. The molecule has 3 rings (SSSR count). The van der Waals surface area contributed by atoms with Crippen LogP contribution < -0.4 is 10.1 Å². The van der Waals surface area contributed by atoms with Crippen LogP contribution in [0, 0.1) is 5.92 Å². The number of hydrogen-bond donors (Lipinski definition) is 1. The van der Waals surface area contributed by atoms with Crippen molar-refractivity contribution in [3.05, 3.63) is 29.8 Å². The summed E-state index contributed by atoms with van der Waals surface area (Å²) in [6, 6.07) is 9.01.